The van der Waals surface area contributed by atoms with E-state index in [2.05, 4.69) is 34.5 Å². The summed E-state index contributed by atoms with van der Waals surface area (Å²) in [5.41, 5.74) is 2.95. The van der Waals surface area contributed by atoms with Gasteiger partial charge in [-0.3, -0.25) is 4.79 Å². The number of nitrogens with one attached hydrogen (secondary N) is 1. The predicted octanol–water partition coefficient (Wildman–Crippen LogP) is 3.12. The molecule has 0 saturated carbocycles. The standard InChI is InChI=1S/C19H24N2O2/c1-4-23-18-8-6-5-7-17(18)19(22)20-14-13-15-9-11-16(12-10-15)21(2)3/h5-12H,4,13-14H2,1-3H3,(H,20,22). The molecule has 0 aromatic heterocycles. The minimum absolute atomic E-state index is 0.0982. The topological polar surface area (TPSA) is 41.6 Å². The quantitative estimate of drug-likeness (QED) is 0.854. The third-order valence-corrected chi connectivity index (χ3v) is 3.58. The van der Waals surface area contributed by atoms with Crippen LogP contribution in [0, 0.1) is 0 Å². The molecule has 0 aliphatic heterocycles. The number of amides is 1. The van der Waals surface area contributed by atoms with E-state index in [0.717, 1.165) is 6.42 Å². The normalized spacial score (nSPS) is 10.2. The SMILES string of the molecule is CCOc1ccccc1C(=O)NCCc1ccc(N(C)C)cc1. The molecule has 1 amide bonds. The molecular formula is C19H24N2O2. The molecule has 0 radical (unpaired) electrons. The number of nitrogens with zero attached hydrogens (tertiary/aromatic N) is 1. The Bertz CT molecular complexity index is 636. The van der Waals surface area contributed by atoms with Crippen LogP contribution in [0.1, 0.15) is 22.8 Å². The lowest BCUT2D eigenvalue weighted by atomic mass is 10.1. The van der Waals surface area contributed by atoms with Crippen molar-refractivity contribution in [1.29, 1.82) is 0 Å². The maximum atomic E-state index is 12.3. The predicted molar refractivity (Wildman–Crippen MR) is 94.4 cm³/mol. The summed E-state index contributed by atoms with van der Waals surface area (Å²) in [6.07, 6.45) is 0.802. The van der Waals surface area contributed by atoms with E-state index in [1.165, 1.54) is 11.3 Å². The number of rotatable bonds is 7. The smallest absolute Gasteiger partial charge is 0.255 e. The number of para-hydroxylation sites is 1. The van der Waals surface area contributed by atoms with Crippen molar-refractivity contribution < 1.29 is 9.53 Å². The van der Waals surface area contributed by atoms with E-state index in [0.29, 0.717) is 24.5 Å². The van der Waals surface area contributed by atoms with Crippen LogP contribution in [-0.4, -0.2) is 33.2 Å². The van der Waals surface area contributed by atoms with Crippen molar-refractivity contribution in [2.24, 2.45) is 0 Å². The molecule has 0 saturated heterocycles. The molecule has 2 aromatic carbocycles. The van der Waals surface area contributed by atoms with Gasteiger partial charge in [-0.1, -0.05) is 24.3 Å². The Morgan fingerprint density at radius 1 is 1.09 bits per heavy atom. The number of benzene rings is 2. The second-order valence-electron chi connectivity index (χ2n) is 5.50. The molecule has 0 spiro atoms. The first-order valence-corrected chi connectivity index (χ1v) is 7.88. The van der Waals surface area contributed by atoms with Crippen molar-refractivity contribution >= 4 is 11.6 Å². The largest absolute Gasteiger partial charge is 0.493 e. The van der Waals surface area contributed by atoms with E-state index in [1.54, 1.807) is 6.07 Å². The third kappa shape index (κ3) is 4.74. The molecule has 1 N–H and O–H groups in total. The number of hydrogen-bond acceptors (Lipinski definition) is 3. The van der Waals surface area contributed by atoms with E-state index < -0.39 is 0 Å². The van der Waals surface area contributed by atoms with Crippen LogP contribution in [0.3, 0.4) is 0 Å². The summed E-state index contributed by atoms with van der Waals surface area (Å²) >= 11 is 0. The maximum absolute atomic E-state index is 12.3. The van der Waals surface area contributed by atoms with E-state index in [-0.39, 0.29) is 5.91 Å². The van der Waals surface area contributed by atoms with Gasteiger partial charge < -0.3 is 15.0 Å². The fraction of sp³-hybridized carbons (Fsp3) is 0.316. The average Bonchev–Trinajstić information content (AvgIpc) is 2.56. The van der Waals surface area contributed by atoms with Crippen molar-refractivity contribution in [3.63, 3.8) is 0 Å². The van der Waals surface area contributed by atoms with E-state index in [9.17, 15) is 4.79 Å². The van der Waals surface area contributed by atoms with Crippen LogP contribution >= 0.6 is 0 Å². The van der Waals surface area contributed by atoms with Gasteiger partial charge in [-0.2, -0.15) is 0 Å². The zero-order chi connectivity index (χ0) is 16.7. The van der Waals surface area contributed by atoms with Crippen LogP contribution in [0.2, 0.25) is 0 Å². The Kier molecular flexibility index (Phi) is 6.03. The lowest BCUT2D eigenvalue weighted by Crippen LogP contribution is -2.26. The Labute approximate surface area is 138 Å². The van der Waals surface area contributed by atoms with E-state index in [4.69, 9.17) is 4.74 Å². The summed E-state index contributed by atoms with van der Waals surface area (Å²) in [5, 5.41) is 2.95. The number of carbonyl (C=O) groups excluding carboxylic acids is 1. The first-order chi connectivity index (χ1) is 11.1. The fourth-order valence-electron chi connectivity index (χ4n) is 2.31. The first-order valence-electron chi connectivity index (χ1n) is 7.88. The van der Waals surface area contributed by atoms with Crippen molar-refractivity contribution in [1.82, 2.24) is 5.32 Å². The highest BCUT2D eigenvalue weighted by molar-refractivity contribution is 5.96. The first kappa shape index (κ1) is 16.9. The summed E-state index contributed by atoms with van der Waals surface area (Å²) in [4.78, 5) is 14.3. The van der Waals surface area contributed by atoms with Gasteiger partial charge in [0.2, 0.25) is 0 Å². The number of hydrogen-bond donors (Lipinski definition) is 1. The molecule has 2 aromatic rings. The minimum atomic E-state index is -0.0982. The molecule has 23 heavy (non-hydrogen) atoms. The van der Waals surface area contributed by atoms with Gasteiger partial charge in [-0.05, 0) is 43.2 Å². The Morgan fingerprint density at radius 3 is 2.43 bits per heavy atom. The lowest BCUT2D eigenvalue weighted by molar-refractivity contribution is 0.0950. The highest BCUT2D eigenvalue weighted by Gasteiger charge is 2.11. The van der Waals surface area contributed by atoms with Crippen LogP contribution in [0.15, 0.2) is 48.5 Å². The van der Waals surface area contributed by atoms with Crippen LogP contribution in [0.25, 0.3) is 0 Å². The molecule has 2 rings (SSSR count). The van der Waals surface area contributed by atoms with E-state index >= 15 is 0 Å². The molecule has 0 bridgehead atoms. The third-order valence-electron chi connectivity index (χ3n) is 3.58. The number of carbonyl (C=O) groups is 1. The summed E-state index contributed by atoms with van der Waals surface area (Å²) in [6, 6.07) is 15.7. The van der Waals surface area contributed by atoms with Gasteiger partial charge in [0.25, 0.3) is 5.91 Å². The Balaban J connectivity index is 1.90. The maximum Gasteiger partial charge on any atom is 0.255 e. The minimum Gasteiger partial charge on any atom is -0.493 e. The average molecular weight is 312 g/mol. The van der Waals surface area contributed by atoms with Gasteiger partial charge in [-0.15, -0.1) is 0 Å². The van der Waals surface area contributed by atoms with E-state index in [1.807, 2.05) is 39.2 Å². The van der Waals surface area contributed by atoms with Gasteiger partial charge in [0.1, 0.15) is 5.75 Å². The molecular weight excluding hydrogens is 288 g/mol. The van der Waals surface area contributed by atoms with Crippen LogP contribution in [0.4, 0.5) is 5.69 Å². The fourth-order valence-corrected chi connectivity index (χ4v) is 2.31. The van der Waals surface area contributed by atoms with Crippen molar-refractivity contribution in [2.75, 3.05) is 32.1 Å². The summed E-state index contributed by atoms with van der Waals surface area (Å²) < 4.78 is 5.49. The highest BCUT2D eigenvalue weighted by atomic mass is 16.5. The number of ether oxygens (including phenoxy) is 1. The molecule has 0 aliphatic carbocycles. The van der Waals surface area contributed by atoms with Crippen LogP contribution in [-0.2, 0) is 6.42 Å². The molecule has 4 nitrogen and oxygen atoms in total. The lowest BCUT2D eigenvalue weighted by Gasteiger charge is -2.13. The van der Waals surface area contributed by atoms with Crippen LogP contribution in [0.5, 0.6) is 5.75 Å². The highest BCUT2D eigenvalue weighted by Crippen LogP contribution is 2.17. The molecule has 4 heteroatoms. The summed E-state index contributed by atoms with van der Waals surface area (Å²) in [7, 11) is 4.04. The zero-order valence-electron chi connectivity index (χ0n) is 14.0. The van der Waals surface area contributed by atoms with Gasteiger partial charge in [0.05, 0.1) is 12.2 Å². The molecule has 0 fully saturated rings. The molecule has 122 valence electrons. The number of anilines is 1. The molecule has 0 unspecified atom stereocenters. The molecule has 0 heterocycles. The van der Waals surface area contributed by atoms with Gasteiger partial charge in [0.15, 0.2) is 0 Å². The van der Waals surface area contributed by atoms with Gasteiger partial charge >= 0.3 is 0 Å². The molecule has 0 atom stereocenters. The Hall–Kier alpha value is -2.49. The summed E-state index contributed by atoms with van der Waals surface area (Å²) in [5.74, 6) is 0.529. The van der Waals surface area contributed by atoms with Crippen LogP contribution < -0.4 is 15.0 Å². The van der Waals surface area contributed by atoms with Gasteiger partial charge in [-0.25, -0.2) is 0 Å². The molecule has 0 aliphatic rings. The van der Waals surface area contributed by atoms with Crippen molar-refractivity contribution in [3.8, 4) is 5.75 Å². The summed E-state index contributed by atoms with van der Waals surface area (Å²) in [6.45, 7) is 3.05. The zero-order valence-corrected chi connectivity index (χ0v) is 14.0. The second kappa shape index (κ2) is 8.22. The second-order valence-corrected chi connectivity index (χ2v) is 5.50. The monoisotopic (exact) mass is 312 g/mol. The van der Waals surface area contributed by atoms with Crippen molar-refractivity contribution in [3.05, 3.63) is 59.7 Å². The van der Waals surface area contributed by atoms with Crippen molar-refractivity contribution in [2.45, 2.75) is 13.3 Å². The Morgan fingerprint density at radius 2 is 1.78 bits per heavy atom. The van der Waals surface area contributed by atoms with Gasteiger partial charge in [0, 0.05) is 26.3 Å².